The summed E-state index contributed by atoms with van der Waals surface area (Å²) in [5.41, 5.74) is -0.316. The standard InChI is InChI=1S/C10H14O3S/c1-10(2,3)13-8-5-4-6-9(7-8)14(11)12/h4-7H,1-3H3,(H,11,12)/p-1. The predicted octanol–water partition coefficient (Wildman–Crippen LogP) is 2.10. The van der Waals surface area contributed by atoms with Gasteiger partial charge in [0.2, 0.25) is 0 Å². The van der Waals surface area contributed by atoms with Gasteiger partial charge in [0.25, 0.3) is 0 Å². The maximum Gasteiger partial charge on any atom is 0.121 e. The predicted molar refractivity (Wildman–Crippen MR) is 54.0 cm³/mol. The van der Waals surface area contributed by atoms with Crippen molar-refractivity contribution in [3.63, 3.8) is 0 Å². The van der Waals surface area contributed by atoms with E-state index >= 15 is 0 Å². The van der Waals surface area contributed by atoms with Gasteiger partial charge in [-0.3, -0.25) is 4.21 Å². The number of benzene rings is 1. The van der Waals surface area contributed by atoms with E-state index in [1.54, 1.807) is 12.1 Å². The Bertz CT molecular complexity index is 341. The average molecular weight is 213 g/mol. The fraction of sp³-hybridized carbons (Fsp3) is 0.400. The zero-order chi connectivity index (χ0) is 10.8. The molecule has 14 heavy (non-hydrogen) atoms. The number of hydrogen-bond acceptors (Lipinski definition) is 3. The van der Waals surface area contributed by atoms with Crippen LogP contribution in [-0.2, 0) is 11.1 Å². The first-order chi connectivity index (χ1) is 6.38. The van der Waals surface area contributed by atoms with Crippen LogP contribution in [-0.4, -0.2) is 14.4 Å². The summed E-state index contributed by atoms with van der Waals surface area (Å²) in [6.45, 7) is 5.73. The zero-order valence-electron chi connectivity index (χ0n) is 8.44. The molecule has 3 nitrogen and oxygen atoms in total. The van der Waals surface area contributed by atoms with E-state index in [2.05, 4.69) is 0 Å². The molecule has 1 atom stereocenters. The lowest BCUT2D eigenvalue weighted by Gasteiger charge is -2.21. The second kappa shape index (κ2) is 4.11. The van der Waals surface area contributed by atoms with Gasteiger partial charge in [-0.15, -0.1) is 0 Å². The molecule has 0 aliphatic rings. The van der Waals surface area contributed by atoms with Crippen molar-refractivity contribution in [1.82, 2.24) is 0 Å². The van der Waals surface area contributed by atoms with Crippen LogP contribution < -0.4 is 4.74 Å². The summed E-state index contributed by atoms with van der Waals surface area (Å²) in [6, 6.07) is 6.43. The van der Waals surface area contributed by atoms with E-state index < -0.39 is 11.1 Å². The van der Waals surface area contributed by atoms with Gasteiger partial charge >= 0.3 is 0 Å². The van der Waals surface area contributed by atoms with Gasteiger partial charge in [0, 0.05) is 4.90 Å². The van der Waals surface area contributed by atoms with Crippen molar-refractivity contribution in [3.8, 4) is 5.75 Å². The largest absolute Gasteiger partial charge is 0.768 e. The smallest absolute Gasteiger partial charge is 0.121 e. The average Bonchev–Trinajstić information content (AvgIpc) is 2.01. The highest BCUT2D eigenvalue weighted by molar-refractivity contribution is 7.79. The molecule has 0 heterocycles. The number of ether oxygens (including phenoxy) is 1. The maximum absolute atomic E-state index is 10.7. The molecule has 0 fully saturated rings. The van der Waals surface area contributed by atoms with E-state index in [4.69, 9.17) is 4.74 Å². The Labute approximate surface area is 86.4 Å². The second-order valence-corrected chi connectivity index (χ2v) is 4.86. The van der Waals surface area contributed by atoms with Crippen LogP contribution in [0.25, 0.3) is 0 Å². The molecule has 1 rings (SSSR count). The lowest BCUT2D eigenvalue weighted by molar-refractivity contribution is 0.130. The number of hydrogen-bond donors (Lipinski definition) is 0. The van der Waals surface area contributed by atoms with Crippen LogP contribution >= 0.6 is 0 Å². The Morgan fingerprint density at radius 2 is 2.00 bits per heavy atom. The highest BCUT2D eigenvalue weighted by Crippen LogP contribution is 2.20. The minimum atomic E-state index is -2.20. The lowest BCUT2D eigenvalue weighted by Crippen LogP contribution is -2.22. The molecular weight excluding hydrogens is 200 g/mol. The van der Waals surface area contributed by atoms with Crippen LogP contribution in [0, 0.1) is 0 Å². The molecule has 4 heteroatoms. The van der Waals surface area contributed by atoms with Gasteiger partial charge in [0.15, 0.2) is 0 Å². The molecule has 0 aliphatic carbocycles. The Morgan fingerprint density at radius 1 is 1.36 bits per heavy atom. The van der Waals surface area contributed by atoms with Crippen molar-refractivity contribution in [1.29, 1.82) is 0 Å². The van der Waals surface area contributed by atoms with Gasteiger partial charge in [-0.1, -0.05) is 6.07 Å². The molecule has 0 aromatic heterocycles. The fourth-order valence-corrected chi connectivity index (χ4v) is 1.40. The lowest BCUT2D eigenvalue weighted by atomic mass is 10.2. The van der Waals surface area contributed by atoms with Crippen LogP contribution in [0.2, 0.25) is 0 Å². The second-order valence-electron chi connectivity index (χ2n) is 3.92. The zero-order valence-corrected chi connectivity index (χ0v) is 9.26. The van der Waals surface area contributed by atoms with Crippen molar-refractivity contribution in [3.05, 3.63) is 24.3 Å². The first-order valence-corrected chi connectivity index (χ1v) is 5.34. The summed E-state index contributed by atoms with van der Waals surface area (Å²) in [5, 5.41) is 0. The molecule has 0 N–H and O–H groups in total. The van der Waals surface area contributed by atoms with E-state index in [9.17, 15) is 8.76 Å². The summed E-state index contributed by atoms with van der Waals surface area (Å²) in [7, 11) is 0. The Kier molecular flexibility index (Phi) is 3.29. The molecule has 1 aromatic carbocycles. The van der Waals surface area contributed by atoms with Crippen molar-refractivity contribution in [2.24, 2.45) is 0 Å². The molecule has 1 unspecified atom stereocenters. The van der Waals surface area contributed by atoms with Crippen LogP contribution in [0.15, 0.2) is 29.2 Å². The normalized spacial score (nSPS) is 13.7. The molecule has 0 amide bonds. The van der Waals surface area contributed by atoms with Crippen LogP contribution in [0.4, 0.5) is 0 Å². The molecule has 0 aliphatic heterocycles. The first-order valence-electron chi connectivity index (χ1n) is 4.27. The topological polar surface area (TPSA) is 49.4 Å². The maximum atomic E-state index is 10.7. The van der Waals surface area contributed by atoms with Gasteiger partial charge in [-0.25, -0.2) is 0 Å². The Hall–Kier alpha value is -0.870. The molecule has 0 radical (unpaired) electrons. The quantitative estimate of drug-likeness (QED) is 0.707. The minimum absolute atomic E-state index is 0.242. The van der Waals surface area contributed by atoms with Gasteiger partial charge < -0.3 is 9.29 Å². The van der Waals surface area contributed by atoms with Crippen molar-refractivity contribution in [2.45, 2.75) is 31.3 Å². The highest BCUT2D eigenvalue weighted by Gasteiger charge is 2.11. The summed E-state index contributed by atoms with van der Waals surface area (Å²) in [6.07, 6.45) is 0. The van der Waals surface area contributed by atoms with Gasteiger partial charge in [0.1, 0.15) is 11.4 Å². The molecule has 1 aromatic rings. The number of rotatable bonds is 2. The van der Waals surface area contributed by atoms with E-state index in [-0.39, 0.29) is 10.5 Å². The molecule has 0 saturated heterocycles. The van der Waals surface area contributed by atoms with E-state index in [1.165, 1.54) is 12.1 Å². The van der Waals surface area contributed by atoms with Crippen molar-refractivity contribution < 1.29 is 13.5 Å². The minimum Gasteiger partial charge on any atom is -0.768 e. The van der Waals surface area contributed by atoms with Crippen molar-refractivity contribution >= 4 is 11.1 Å². The summed E-state index contributed by atoms with van der Waals surface area (Å²) in [4.78, 5) is 0.242. The Balaban J connectivity index is 2.89. The van der Waals surface area contributed by atoms with Crippen LogP contribution in [0.1, 0.15) is 20.8 Å². The van der Waals surface area contributed by atoms with Crippen LogP contribution in [0.3, 0.4) is 0 Å². The van der Waals surface area contributed by atoms with Gasteiger partial charge in [0.05, 0.1) is 0 Å². The first kappa shape index (κ1) is 11.2. The Morgan fingerprint density at radius 3 is 2.50 bits per heavy atom. The van der Waals surface area contributed by atoms with E-state index in [0.29, 0.717) is 5.75 Å². The molecule has 0 spiro atoms. The van der Waals surface area contributed by atoms with Crippen LogP contribution in [0.5, 0.6) is 5.75 Å². The molecule has 78 valence electrons. The summed E-state index contributed by atoms with van der Waals surface area (Å²) >= 11 is -2.20. The molecule has 0 bridgehead atoms. The molecular formula is C10H13O3S-. The SMILES string of the molecule is CC(C)(C)Oc1cccc(S(=O)[O-])c1. The van der Waals surface area contributed by atoms with Gasteiger partial charge in [-0.05, 0) is 50.1 Å². The van der Waals surface area contributed by atoms with Crippen molar-refractivity contribution in [2.75, 3.05) is 0 Å². The monoisotopic (exact) mass is 213 g/mol. The van der Waals surface area contributed by atoms with E-state index in [0.717, 1.165) is 0 Å². The summed E-state index contributed by atoms with van der Waals surface area (Å²) in [5.74, 6) is 0.569. The van der Waals surface area contributed by atoms with E-state index in [1.807, 2.05) is 20.8 Å². The summed E-state index contributed by atoms with van der Waals surface area (Å²) < 4.78 is 26.8. The fourth-order valence-electron chi connectivity index (χ4n) is 0.995. The third kappa shape index (κ3) is 3.47. The highest BCUT2D eigenvalue weighted by atomic mass is 32.2. The van der Waals surface area contributed by atoms with Gasteiger partial charge in [-0.2, -0.15) is 0 Å². The third-order valence-electron chi connectivity index (χ3n) is 1.42. The third-order valence-corrected chi connectivity index (χ3v) is 2.06. The molecule has 0 saturated carbocycles.